The molecule has 1 heterocycles. The molecule has 0 unspecified atom stereocenters. The largest absolute Gasteiger partial charge is 0.455 e. The van der Waals surface area contributed by atoms with Gasteiger partial charge in [-0.2, -0.15) is 26.3 Å². The molecule has 1 aromatic carbocycles. The van der Waals surface area contributed by atoms with E-state index in [9.17, 15) is 31.1 Å². The first-order valence-corrected chi connectivity index (χ1v) is 6.20. The summed E-state index contributed by atoms with van der Waals surface area (Å²) in [6, 6.07) is 3.86. The smallest absolute Gasteiger partial charge is 0.418 e. The van der Waals surface area contributed by atoms with Crippen LogP contribution in [0, 0.1) is 0 Å². The Morgan fingerprint density at radius 3 is 2.17 bits per heavy atom. The van der Waals surface area contributed by atoms with Crippen LogP contribution in [0.4, 0.5) is 26.3 Å². The number of nitrogens with zero attached hydrogens (tertiary/aromatic N) is 1. The Kier molecular flexibility index (Phi) is 4.41. The first-order chi connectivity index (χ1) is 11.0. The van der Waals surface area contributed by atoms with Gasteiger partial charge >= 0.3 is 12.4 Å². The lowest BCUT2D eigenvalue weighted by Gasteiger charge is -2.13. The van der Waals surface area contributed by atoms with E-state index >= 15 is 0 Å². The summed E-state index contributed by atoms with van der Waals surface area (Å²) in [7, 11) is 0. The van der Waals surface area contributed by atoms with Crippen LogP contribution in [0.5, 0.6) is 11.5 Å². The number of hydrogen-bond donors (Lipinski definition) is 1. The van der Waals surface area contributed by atoms with Crippen molar-refractivity contribution in [2.75, 3.05) is 0 Å². The molecule has 0 bridgehead atoms. The van der Waals surface area contributed by atoms with Crippen molar-refractivity contribution in [1.29, 1.82) is 0 Å². The van der Waals surface area contributed by atoms with Crippen molar-refractivity contribution in [3.05, 3.63) is 53.3 Å². The van der Waals surface area contributed by atoms with E-state index < -0.39 is 46.6 Å². The number of ether oxygens (including phenoxy) is 1. The molecule has 1 aromatic heterocycles. The minimum atomic E-state index is -4.78. The summed E-state index contributed by atoms with van der Waals surface area (Å²) in [6.45, 7) is 0. The zero-order valence-corrected chi connectivity index (χ0v) is 11.6. The third-order valence-corrected chi connectivity index (χ3v) is 2.80. The third kappa shape index (κ3) is 3.94. The molecular weight excluding hydrogens is 342 g/mol. The van der Waals surface area contributed by atoms with E-state index in [0.29, 0.717) is 18.3 Å². The third-order valence-electron chi connectivity index (χ3n) is 2.80. The van der Waals surface area contributed by atoms with Gasteiger partial charge in [0.05, 0.1) is 11.1 Å². The molecule has 10 heteroatoms. The maximum atomic E-state index is 12.7. The van der Waals surface area contributed by atoms with Crippen LogP contribution in [-0.4, -0.2) is 10.9 Å². The van der Waals surface area contributed by atoms with Gasteiger partial charge in [-0.05, 0) is 24.3 Å². The van der Waals surface area contributed by atoms with Crippen LogP contribution in [0.1, 0.15) is 21.6 Å². The fraction of sp³-hybridized carbons (Fsp3) is 0.143. The van der Waals surface area contributed by atoms with Gasteiger partial charge in [0, 0.05) is 6.20 Å². The van der Waals surface area contributed by atoms with Gasteiger partial charge in [0.2, 0.25) is 0 Å². The van der Waals surface area contributed by atoms with Crippen molar-refractivity contribution in [3.63, 3.8) is 0 Å². The Morgan fingerprint density at radius 2 is 1.62 bits per heavy atom. The van der Waals surface area contributed by atoms with Crippen molar-refractivity contribution in [2.45, 2.75) is 12.4 Å². The molecule has 2 N–H and O–H groups in total. The molecule has 0 fully saturated rings. The molecule has 0 saturated heterocycles. The van der Waals surface area contributed by atoms with Gasteiger partial charge in [-0.25, -0.2) is 4.98 Å². The highest BCUT2D eigenvalue weighted by Gasteiger charge is 2.33. The number of carbonyl (C=O) groups excluding carboxylic acids is 1. The van der Waals surface area contributed by atoms with Gasteiger partial charge in [0.15, 0.2) is 11.4 Å². The van der Waals surface area contributed by atoms with Crippen molar-refractivity contribution in [1.82, 2.24) is 4.98 Å². The number of primary amides is 1. The first kappa shape index (κ1) is 17.6. The number of amides is 1. The molecule has 0 radical (unpaired) electrons. The second-order valence-corrected chi connectivity index (χ2v) is 4.56. The van der Waals surface area contributed by atoms with Crippen LogP contribution in [0.3, 0.4) is 0 Å². The lowest BCUT2D eigenvalue weighted by Crippen LogP contribution is -2.16. The Hall–Kier alpha value is -2.78. The Labute approximate surface area is 130 Å². The summed E-state index contributed by atoms with van der Waals surface area (Å²) >= 11 is 0. The van der Waals surface area contributed by atoms with Crippen LogP contribution in [0.2, 0.25) is 0 Å². The molecule has 2 rings (SSSR count). The molecule has 2 aromatic rings. The SMILES string of the molecule is NC(=O)c1ncc(C(F)(F)F)cc1Oc1cccc(C(F)(F)F)c1. The van der Waals surface area contributed by atoms with E-state index in [0.717, 1.165) is 18.2 Å². The molecule has 128 valence electrons. The predicted molar refractivity (Wildman–Crippen MR) is 69.3 cm³/mol. The Bertz CT molecular complexity index is 771. The number of hydrogen-bond acceptors (Lipinski definition) is 3. The molecular formula is C14H8F6N2O2. The van der Waals surface area contributed by atoms with E-state index in [4.69, 9.17) is 10.5 Å². The van der Waals surface area contributed by atoms with Gasteiger partial charge in [0.25, 0.3) is 5.91 Å². The molecule has 0 aliphatic heterocycles. The van der Waals surface area contributed by atoms with Crippen LogP contribution < -0.4 is 10.5 Å². The molecule has 1 amide bonds. The normalized spacial score (nSPS) is 12.1. The quantitative estimate of drug-likeness (QED) is 0.851. The second-order valence-electron chi connectivity index (χ2n) is 4.56. The Balaban J connectivity index is 2.46. The zero-order chi connectivity index (χ0) is 18.1. The van der Waals surface area contributed by atoms with Gasteiger partial charge in [-0.15, -0.1) is 0 Å². The van der Waals surface area contributed by atoms with Crippen molar-refractivity contribution in [3.8, 4) is 11.5 Å². The maximum Gasteiger partial charge on any atom is 0.418 e. The molecule has 0 aliphatic carbocycles. The van der Waals surface area contributed by atoms with E-state index in [2.05, 4.69) is 4.98 Å². The van der Waals surface area contributed by atoms with Crippen LogP contribution in [0.25, 0.3) is 0 Å². The molecule has 0 spiro atoms. The highest BCUT2D eigenvalue weighted by Crippen LogP contribution is 2.35. The Morgan fingerprint density at radius 1 is 1.00 bits per heavy atom. The topological polar surface area (TPSA) is 65.2 Å². The summed E-state index contributed by atoms with van der Waals surface area (Å²) in [4.78, 5) is 14.5. The van der Waals surface area contributed by atoms with Gasteiger partial charge < -0.3 is 10.5 Å². The fourth-order valence-electron chi connectivity index (χ4n) is 1.73. The van der Waals surface area contributed by atoms with E-state index in [1.54, 1.807) is 0 Å². The summed E-state index contributed by atoms with van der Waals surface area (Å²) in [5.74, 6) is -2.31. The minimum Gasteiger partial charge on any atom is -0.455 e. The second kappa shape index (κ2) is 6.02. The standard InChI is InChI=1S/C14H8F6N2O2/c15-13(16,17)7-2-1-3-9(4-7)24-10-5-8(14(18,19)20)6-22-11(10)12(21)23/h1-6H,(H2,21,23). The number of halogens is 6. The van der Waals surface area contributed by atoms with Crippen molar-refractivity contribution in [2.24, 2.45) is 5.73 Å². The number of benzene rings is 1. The van der Waals surface area contributed by atoms with Crippen molar-refractivity contribution < 1.29 is 35.9 Å². The highest BCUT2D eigenvalue weighted by molar-refractivity contribution is 5.93. The minimum absolute atomic E-state index is 0.374. The lowest BCUT2D eigenvalue weighted by atomic mass is 10.2. The summed E-state index contributed by atoms with van der Waals surface area (Å²) in [5.41, 5.74) is 2.04. The number of rotatable bonds is 3. The molecule has 24 heavy (non-hydrogen) atoms. The lowest BCUT2D eigenvalue weighted by molar-refractivity contribution is -0.138. The van der Waals surface area contributed by atoms with Crippen LogP contribution >= 0.6 is 0 Å². The highest BCUT2D eigenvalue weighted by atomic mass is 19.4. The first-order valence-electron chi connectivity index (χ1n) is 6.20. The molecule has 0 atom stereocenters. The zero-order valence-electron chi connectivity index (χ0n) is 11.6. The number of nitrogens with two attached hydrogens (primary N) is 1. The number of alkyl halides is 6. The van der Waals surface area contributed by atoms with Crippen molar-refractivity contribution >= 4 is 5.91 Å². The summed E-state index contributed by atoms with van der Waals surface area (Å²) < 4.78 is 81.0. The van der Waals surface area contributed by atoms with Gasteiger partial charge in [0.1, 0.15) is 5.75 Å². The molecule has 0 aliphatic rings. The number of aromatic nitrogens is 1. The van der Waals surface area contributed by atoms with Gasteiger partial charge in [-0.1, -0.05) is 6.07 Å². The molecule has 4 nitrogen and oxygen atoms in total. The molecule has 0 saturated carbocycles. The van der Waals surface area contributed by atoms with Crippen LogP contribution in [0.15, 0.2) is 36.5 Å². The number of carbonyl (C=O) groups is 1. The van der Waals surface area contributed by atoms with E-state index in [1.165, 1.54) is 0 Å². The maximum absolute atomic E-state index is 12.7. The summed E-state index contributed by atoms with van der Waals surface area (Å²) in [6.07, 6.45) is -9.08. The monoisotopic (exact) mass is 350 g/mol. The fourth-order valence-corrected chi connectivity index (χ4v) is 1.73. The van der Waals surface area contributed by atoms with E-state index in [1.807, 2.05) is 0 Å². The van der Waals surface area contributed by atoms with E-state index in [-0.39, 0.29) is 0 Å². The summed E-state index contributed by atoms with van der Waals surface area (Å²) in [5, 5.41) is 0. The van der Waals surface area contributed by atoms with Gasteiger partial charge in [-0.3, -0.25) is 4.79 Å². The predicted octanol–water partition coefficient (Wildman–Crippen LogP) is 4.01. The average molecular weight is 350 g/mol. The number of pyridine rings is 1. The van der Waals surface area contributed by atoms with Crippen LogP contribution in [-0.2, 0) is 12.4 Å². The average Bonchev–Trinajstić information content (AvgIpc) is 2.45.